The van der Waals surface area contributed by atoms with Gasteiger partial charge in [-0.15, -0.1) is 0 Å². The number of hydrogen-bond acceptors (Lipinski definition) is 5. The summed E-state index contributed by atoms with van der Waals surface area (Å²) in [5.74, 6) is 1.01. The molecule has 0 spiro atoms. The van der Waals surface area contributed by atoms with E-state index < -0.39 is 0 Å². The molecule has 1 aliphatic carbocycles. The van der Waals surface area contributed by atoms with Gasteiger partial charge in [0.15, 0.2) is 5.96 Å². The fraction of sp³-hybridized carbons (Fsp3) is 0.933. The Morgan fingerprint density at radius 3 is 2.65 bits per heavy atom. The maximum atomic E-state index is 5.53. The van der Waals surface area contributed by atoms with E-state index in [0.717, 1.165) is 58.3 Å². The Bertz CT molecular complexity index is 333. The third-order valence-electron chi connectivity index (χ3n) is 4.95. The van der Waals surface area contributed by atoms with Crippen LogP contribution in [0.2, 0.25) is 0 Å². The summed E-state index contributed by atoms with van der Waals surface area (Å²) in [4.78, 5) is 7.21. The normalized spacial score (nSPS) is 27.5. The van der Waals surface area contributed by atoms with E-state index in [9.17, 15) is 0 Å². The van der Waals surface area contributed by atoms with Gasteiger partial charge in [0.2, 0.25) is 0 Å². The number of morpholine rings is 1. The minimum atomic E-state index is 0.323. The van der Waals surface area contributed by atoms with Crippen LogP contribution in [0.3, 0.4) is 0 Å². The first-order valence-corrected chi connectivity index (χ1v) is 8.24. The van der Waals surface area contributed by atoms with Gasteiger partial charge in [0.25, 0.3) is 0 Å². The van der Waals surface area contributed by atoms with Crippen molar-refractivity contribution in [3.63, 3.8) is 0 Å². The predicted molar refractivity (Wildman–Crippen MR) is 81.1 cm³/mol. The quantitative estimate of drug-likeness (QED) is 0.808. The molecule has 114 valence electrons. The van der Waals surface area contributed by atoms with Gasteiger partial charge in [-0.2, -0.15) is 0 Å². The van der Waals surface area contributed by atoms with Crippen LogP contribution in [0.5, 0.6) is 0 Å². The van der Waals surface area contributed by atoms with Crippen LogP contribution in [0, 0.1) is 0 Å². The Labute approximate surface area is 122 Å². The molecule has 0 radical (unpaired) electrons. The van der Waals surface area contributed by atoms with Gasteiger partial charge < -0.3 is 15.4 Å². The Hall–Kier alpha value is -0.810. The summed E-state index contributed by atoms with van der Waals surface area (Å²) >= 11 is 0. The van der Waals surface area contributed by atoms with E-state index in [2.05, 4.69) is 20.5 Å². The molecule has 0 atom stereocenters. The third-order valence-corrected chi connectivity index (χ3v) is 4.95. The lowest BCUT2D eigenvalue weighted by atomic mass is 9.80. The highest BCUT2D eigenvalue weighted by molar-refractivity contribution is 5.80. The highest BCUT2D eigenvalue weighted by Crippen LogP contribution is 2.33. The summed E-state index contributed by atoms with van der Waals surface area (Å²) in [6.45, 7) is 6.99. The van der Waals surface area contributed by atoms with Crippen LogP contribution in [-0.4, -0.2) is 62.3 Å². The van der Waals surface area contributed by atoms with E-state index >= 15 is 0 Å². The van der Waals surface area contributed by atoms with Crippen molar-refractivity contribution < 1.29 is 4.74 Å². The maximum absolute atomic E-state index is 5.53. The van der Waals surface area contributed by atoms with Crippen molar-refractivity contribution in [2.45, 2.75) is 44.1 Å². The fourth-order valence-corrected chi connectivity index (χ4v) is 3.75. The van der Waals surface area contributed by atoms with Crippen LogP contribution in [0.1, 0.15) is 38.5 Å². The smallest absolute Gasteiger partial charge is 0.191 e. The van der Waals surface area contributed by atoms with Crippen molar-refractivity contribution in [2.75, 3.05) is 45.9 Å². The summed E-state index contributed by atoms with van der Waals surface area (Å²) in [5, 5.41) is 6.96. The third kappa shape index (κ3) is 3.26. The van der Waals surface area contributed by atoms with E-state index in [-0.39, 0.29) is 0 Å². The predicted octanol–water partition coefficient (Wildman–Crippen LogP) is 0.960. The monoisotopic (exact) mass is 280 g/mol. The minimum absolute atomic E-state index is 0.323. The first-order valence-electron chi connectivity index (χ1n) is 8.24. The second-order valence-corrected chi connectivity index (χ2v) is 6.25. The van der Waals surface area contributed by atoms with Gasteiger partial charge >= 0.3 is 0 Å². The van der Waals surface area contributed by atoms with Crippen LogP contribution in [0.4, 0.5) is 0 Å². The topological polar surface area (TPSA) is 48.9 Å². The molecule has 5 heteroatoms. The number of nitrogens with one attached hydrogen (secondary N) is 2. The van der Waals surface area contributed by atoms with Crippen molar-refractivity contribution in [2.24, 2.45) is 4.99 Å². The van der Waals surface area contributed by atoms with Crippen LogP contribution in [0.15, 0.2) is 4.99 Å². The second kappa shape index (κ2) is 6.76. The van der Waals surface area contributed by atoms with Gasteiger partial charge in [-0.05, 0) is 19.3 Å². The lowest BCUT2D eigenvalue weighted by Gasteiger charge is -2.48. The van der Waals surface area contributed by atoms with Crippen molar-refractivity contribution >= 4 is 5.96 Å². The summed E-state index contributed by atoms with van der Waals surface area (Å²) in [6.07, 6.45) is 7.89. The van der Waals surface area contributed by atoms with Crippen molar-refractivity contribution in [3.05, 3.63) is 0 Å². The number of ether oxygens (including phenoxy) is 1. The first kappa shape index (κ1) is 14.1. The number of guanidine groups is 1. The summed E-state index contributed by atoms with van der Waals surface area (Å²) < 4.78 is 5.53. The molecule has 3 rings (SSSR count). The van der Waals surface area contributed by atoms with E-state index in [1.165, 1.54) is 32.1 Å². The molecule has 1 saturated carbocycles. The lowest BCUT2D eigenvalue weighted by Crippen LogP contribution is -2.60. The molecule has 2 fully saturated rings. The minimum Gasteiger partial charge on any atom is -0.379 e. The zero-order valence-corrected chi connectivity index (χ0v) is 12.5. The van der Waals surface area contributed by atoms with Gasteiger partial charge in [0.05, 0.1) is 13.2 Å². The molecular formula is C15H28N4O. The fourth-order valence-electron chi connectivity index (χ4n) is 3.75. The molecule has 2 aliphatic heterocycles. The SMILES string of the molecule is C1CCC(CNC2=NCCCN2)(N2CCOCC2)CC1. The molecule has 2 N–H and O–H groups in total. The molecule has 0 aromatic carbocycles. The van der Waals surface area contributed by atoms with E-state index in [1.807, 2.05) is 0 Å². The molecule has 5 nitrogen and oxygen atoms in total. The average Bonchev–Trinajstić information content (AvgIpc) is 2.56. The molecule has 0 aromatic heterocycles. The van der Waals surface area contributed by atoms with Crippen molar-refractivity contribution in [3.8, 4) is 0 Å². The molecule has 1 saturated heterocycles. The number of hydrogen-bond donors (Lipinski definition) is 2. The summed E-state index contributed by atoms with van der Waals surface area (Å²) in [7, 11) is 0. The Morgan fingerprint density at radius 2 is 1.95 bits per heavy atom. The summed E-state index contributed by atoms with van der Waals surface area (Å²) in [6, 6.07) is 0. The highest BCUT2D eigenvalue weighted by Gasteiger charge is 2.38. The molecule has 3 aliphatic rings. The average molecular weight is 280 g/mol. The Kier molecular flexibility index (Phi) is 4.78. The van der Waals surface area contributed by atoms with Crippen LogP contribution >= 0.6 is 0 Å². The number of nitrogens with zero attached hydrogens (tertiary/aromatic N) is 2. The van der Waals surface area contributed by atoms with Gasteiger partial charge in [-0.1, -0.05) is 19.3 Å². The highest BCUT2D eigenvalue weighted by atomic mass is 16.5. The molecule has 0 aromatic rings. The molecule has 20 heavy (non-hydrogen) atoms. The summed E-state index contributed by atoms with van der Waals surface area (Å²) in [5.41, 5.74) is 0.323. The Balaban J connectivity index is 1.63. The molecular weight excluding hydrogens is 252 g/mol. The van der Waals surface area contributed by atoms with Crippen LogP contribution in [-0.2, 0) is 4.74 Å². The van der Waals surface area contributed by atoms with E-state index in [0.29, 0.717) is 5.54 Å². The standard InChI is InChI=1S/C15H28N4O/c1-2-5-15(6-3-1,19-9-11-20-12-10-19)13-18-14-16-7-4-8-17-14/h1-13H2,(H2,16,17,18). The van der Waals surface area contributed by atoms with Gasteiger partial charge in [0.1, 0.15) is 0 Å². The number of rotatable bonds is 3. The van der Waals surface area contributed by atoms with E-state index in [4.69, 9.17) is 4.74 Å². The first-order chi connectivity index (χ1) is 9.89. The van der Waals surface area contributed by atoms with E-state index in [1.54, 1.807) is 0 Å². The number of aliphatic imine (C=N–C) groups is 1. The molecule has 2 heterocycles. The van der Waals surface area contributed by atoms with Gasteiger partial charge in [0, 0.05) is 38.3 Å². The Morgan fingerprint density at radius 1 is 1.15 bits per heavy atom. The molecule has 0 bridgehead atoms. The van der Waals surface area contributed by atoms with Gasteiger partial charge in [-0.25, -0.2) is 0 Å². The molecule has 0 unspecified atom stereocenters. The van der Waals surface area contributed by atoms with Gasteiger partial charge in [-0.3, -0.25) is 9.89 Å². The van der Waals surface area contributed by atoms with Crippen LogP contribution < -0.4 is 10.6 Å². The largest absolute Gasteiger partial charge is 0.379 e. The zero-order chi connectivity index (χ0) is 13.7. The van der Waals surface area contributed by atoms with Crippen molar-refractivity contribution in [1.82, 2.24) is 15.5 Å². The lowest BCUT2D eigenvalue weighted by molar-refractivity contribution is -0.0352. The van der Waals surface area contributed by atoms with Crippen LogP contribution in [0.25, 0.3) is 0 Å². The maximum Gasteiger partial charge on any atom is 0.191 e. The molecule has 0 amide bonds. The zero-order valence-electron chi connectivity index (χ0n) is 12.5. The second-order valence-electron chi connectivity index (χ2n) is 6.25. The van der Waals surface area contributed by atoms with Crippen molar-refractivity contribution in [1.29, 1.82) is 0 Å².